The van der Waals surface area contributed by atoms with Crippen molar-refractivity contribution in [2.45, 2.75) is 12.5 Å². The molecule has 1 N–H and O–H groups in total. The van der Waals surface area contributed by atoms with Gasteiger partial charge in [0, 0.05) is 5.92 Å². The van der Waals surface area contributed by atoms with E-state index in [1.807, 2.05) is 66.7 Å². The van der Waals surface area contributed by atoms with E-state index in [9.17, 15) is 14.7 Å². The number of fused-ring (bicyclic) bond motifs is 6. The number of rotatable bonds is 6. The van der Waals surface area contributed by atoms with Crippen LogP contribution in [0, 0.1) is 0 Å². The molecule has 182 valence electrons. The van der Waals surface area contributed by atoms with E-state index in [1.165, 1.54) is 4.90 Å². The van der Waals surface area contributed by atoms with E-state index >= 15 is 0 Å². The van der Waals surface area contributed by atoms with Crippen LogP contribution >= 0.6 is 0 Å². The average Bonchev–Trinajstić information content (AvgIpc) is 3.25. The number of hydrogen-bond donors (Lipinski definition) is 1. The summed E-state index contributed by atoms with van der Waals surface area (Å²) in [7, 11) is 0. The molecule has 1 aliphatic carbocycles. The van der Waals surface area contributed by atoms with Crippen molar-refractivity contribution in [1.29, 1.82) is 0 Å². The Morgan fingerprint density at radius 3 is 1.97 bits per heavy atom. The Hall–Kier alpha value is -4.64. The molecule has 0 radical (unpaired) electrons. The molecule has 0 saturated heterocycles. The first-order chi connectivity index (χ1) is 18.1. The van der Waals surface area contributed by atoms with Gasteiger partial charge >= 0.3 is 12.1 Å². The number of hydrogen-bond acceptors (Lipinski definition) is 3. The lowest BCUT2D eigenvalue weighted by molar-refractivity contribution is -0.138. The van der Waals surface area contributed by atoms with Crippen LogP contribution in [-0.4, -0.2) is 35.2 Å². The van der Waals surface area contributed by atoms with Crippen molar-refractivity contribution in [2.75, 3.05) is 13.2 Å². The third-order valence-electron chi connectivity index (χ3n) is 7.14. The SMILES string of the molecule is O=C(O)CN(Cc1cc2ccccc2c2ccccc12)C(=O)OCC1c2ccccc2-c2ccccc21. The van der Waals surface area contributed by atoms with Gasteiger partial charge < -0.3 is 9.84 Å². The molecule has 1 aliphatic rings. The smallest absolute Gasteiger partial charge is 0.410 e. The number of carboxylic acid groups (broad SMARTS) is 1. The Morgan fingerprint density at radius 2 is 1.30 bits per heavy atom. The standard InChI is InChI=1S/C32H25NO4/c34-31(35)19-33(18-22-17-21-9-1-2-10-23(21)25-12-4-3-11-24(22)25)32(36)37-20-30-28-15-7-5-13-26(28)27-14-6-8-16-29(27)30/h1-17,30H,18-20H2,(H,34,35). The van der Waals surface area contributed by atoms with Crippen molar-refractivity contribution in [3.05, 3.63) is 120 Å². The minimum Gasteiger partial charge on any atom is -0.480 e. The zero-order valence-electron chi connectivity index (χ0n) is 20.1. The lowest BCUT2D eigenvalue weighted by Crippen LogP contribution is -2.36. The molecule has 6 rings (SSSR count). The predicted molar refractivity (Wildman–Crippen MR) is 145 cm³/mol. The van der Waals surface area contributed by atoms with Crippen molar-refractivity contribution >= 4 is 33.6 Å². The molecular weight excluding hydrogens is 462 g/mol. The van der Waals surface area contributed by atoms with E-state index in [1.54, 1.807) is 0 Å². The molecule has 5 aromatic rings. The maximum Gasteiger partial charge on any atom is 0.410 e. The quantitative estimate of drug-likeness (QED) is 0.267. The van der Waals surface area contributed by atoms with E-state index in [4.69, 9.17) is 4.74 Å². The van der Waals surface area contributed by atoms with E-state index in [2.05, 4.69) is 36.4 Å². The van der Waals surface area contributed by atoms with Crippen LogP contribution in [0.5, 0.6) is 0 Å². The van der Waals surface area contributed by atoms with Crippen LogP contribution in [0.4, 0.5) is 4.79 Å². The molecule has 5 aromatic carbocycles. The summed E-state index contributed by atoms with van der Waals surface area (Å²) in [5, 5.41) is 13.8. The Bertz CT molecular complexity index is 1610. The second kappa shape index (κ2) is 9.43. The first-order valence-corrected chi connectivity index (χ1v) is 12.3. The van der Waals surface area contributed by atoms with Gasteiger partial charge in [-0.1, -0.05) is 97.1 Å². The van der Waals surface area contributed by atoms with Gasteiger partial charge in [0.2, 0.25) is 0 Å². The van der Waals surface area contributed by atoms with Crippen molar-refractivity contribution < 1.29 is 19.4 Å². The minimum atomic E-state index is -1.08. The summed E-state index contributed by atoms with van der Waals surface area (Å²) in [6.45, 7) is -0.173. The largest absolute Gasteiger partial charge is 0.480 e. The highest BCUT2D eigenvalue weighted by molar-refractivity contribution is 6.09. The van der Waals surface area contributed by atoms with E-state index in [0.717, 1.165) is 49.4 Å². The zero-order chi connectivity index (χ0) is 25.4. The zero-order valence-corrected chi connectivity index (χ0v) is 20.1. The molecule has 0 aromatic heterocycles. The van der Waals surface area contributed by atoms with Crippen LogP contribution in [0.15, 0.2) is 103 Å². The second-order valence-corrected chi connectivity index (χ2v) is 9.36. The number of nitrogens with zero attached hydrogens (tertiary/aromatic N) is 1. The van der Waals surface area contributed by atoms with Crippen molar-refractivity contribution in [2.24, 2.45) is 0 Å². The fraction of sp³-hybridized carbons (Fsp3) is 0.125. The third-order valence-corrected chi connectivity index (χ3v) is 7.14. The van der Waals surface area contributed by atoms with Gasteiger partial charge in [0.25, 0.3) is 0 Å². The highest BCUT2D eigenvalue weighted by Gasteiger charge is 2.30. The molecule has 0 spiro atoms. The normalized spacial score (nSPS) is 12.3. The fourth-order valence-electron chi connectivity index (χ4n) is 5.50. The number of carboxylic acids is 1. The minimum absolute atomic E-state index is 0.0930. The molecule has 5 heteroatoms. The van der Waals surface area contributed by atoms with E-state index in [0.29, 0.717) is 0 Å². The Morgan fingerprint density at radius 1 is 0.730 bits per heavy atom. The molecule has 0 aliphatic heterocycles. The maximum atomic E-state index is 13.3. The molecule has 0 heterocycles. The second-order valence-electron chi connectivity index (χ2n) is 9.36. The Labute approximate surface area is 214 Å². The first-order valence-electron chi connectivity index (χ1n) is 12.3. The van der Waals surface area contributed by atoms with Crippen LogP contribution in [0.3, 0.4) is 0 Å². The summed E-state index contributed by atoms with van der Waals surface area (Å²) in [6.07, 6.45) is -0.637. The number of aliphatic carboxylic acids is 1. The number of amides is 1. The van der Waals surface area contributed by atoms with Gasteiger partial charge in [-0.3, -0.25) is 9.69 Å². The molecule has 5 nitrogen and oxygen atoms in total. The molecule has 0 bridgehead atoms. The van der Waals surface area contributed by atoms with E-state index in [-0.39, 0.29) is 19.1 Å². The molecule has 0 atom stereocenters. The van der Waals surface area contributed by atoms with Gasteiger partial charge in [-0.2, -0.15) is 0 Å². The fourth-order valence-corrected chi connectivity index (χ4v) is 5.50. The monoisotopic (exact) mass is 487 g/mol. The van der Waals surface area contributed by atoms with E-state index < -0.39 is 18.6 Å². The predicted octanol–water partition coefficient (Wildman–Crippen LogP) is 6.83. The van der Waals surface area contributed by atoms with Crippen LogP contribution in [-0.2, 0) is 16.1 Å². The van der Waals surface area contributed by atoms with Gasteiger partial charge in [0.15, 0.2) is 0 Å². The number of ether oxygens (including phenoxy) is 1. The van der Waals surface area contributed by atoms with Gasteiger partial charge in [-0.15, -0.1) is 0 Å². The molecule has 37 heavy (non-hydrogen) atoms. The maximum absolute atomic E-state index is 13.3. The topological polar surface area (TPSA) is 66.8 Å². The highest BCUT2D eigenvalue weighted by Crippen LogP contribution is 2.44. The lowest BCUT2D eigenvalue weighted by atomic mass is 9.97. The molecule has 1 amide bonds. The molecule has 0 saturated carbocycles. The lowest BCUT2D eigenvalue weighted by Gasteiger charge is -2.23. The van der Waals surface area contributed by atoms with Crippen molar-refractivity contribution in [1.82, 2.24) is 4.90 Å². The van der Waals surface area contributed by atoms with Gasteiger partial charge in [0.05, 0.1) is 6.54 Å². The van der Waals surface area contributed by atoms with Crippen LogP contribution in [0.2, 0.25) is 0 Å². The summed E-state index contributed by atoms with van der Waals surface area (Å²) < 4.78 is 5.80. The van der Waals surface area contributed by atoms with Crippen LogP contribution < -0.4 is 0 Å². The molecule has 0 unspecified atom stereocenters. The van der Waals surface area contributed by atoms with Gasteiger partial charge in [0.1, 0.15) is 13.2 Å². The first kappa shape index (κ1) is 22.8. The van der Waals surface area contributed by atoms with Gasteiger partial charge in [-0.05, 0) is 55.4 Å². The molecule has 0 fully saturated rings. The molecular formula is C32H25NO4. The van der Waals surface area contributed by atoms with Crippen LogP contribution in [0.1, 0.15) is 22.6 Å². The Kier molecular flexibility index (Phi) is 5.81. The number of carbonyl (C=O) groups excluding carboxylic acids is 1. The highest BCUT2D eigenvalue weighted by atomic mass is 16.6. The van der Waals surface area contributed by atoms with Crippen molar-refractivity contribution in [3.8, 4) is 11.1 Å². The summed E-state index contributed by atoms with van der Waals surface area (Å²) in [5.74, 6) is -1.18. The van der Waals surface area contributed by atoms with Gasteiger partial charge in [-0.25, -0.2) is 4.79 Å². The summed E-state index contributed by atoms with van der Waals surface area (Å²) >= 11 is 0. The van der Waals surface area contributed by atoms with Crippen LogP contribution in [0.25, 0.3) is 32.7 Å². The van der Waals surface area contributed by atoms with Crippen molar-refractivity contribution in [3.63, 3.8) is 0 Å². The summed E-state index contributed by atoms with van der Waals surface area (Å²) in [6, 6.07) is 34.4. The third kappa shape index (κ3) is 4.19. The number of carbonyl (C=O) groups is 2. The number of benzene rings is 5. The summed E-state index contributed by atoms with van der Waals surface area (Å²) in [5.41, 5.74) is 5.39. The summed E-state index contributed by atoms with van der Waals surface area (Å²) in [4.78, 5) is 26.3. The average molecular weight is 488 g/mol. The Balaban J connectivity index is 1.29.